The Kier molecular flexibility index (Phi) is 3.35. The number of hydrogen-bond acceptors (Lipinski definition) is 1. The van der Waals surface area contributed by atoms with E-state index in [1.165, 1.54) is 11.1 Å². The second-order valence-corrected chi connectivity index (χ2v) is 5.83. The van der Waals surface area contributed by atoms with Gasteiger partial charge in [-0.3, -0.25) is 4.79 Å². The van der Waals surface area contributed by atoms with Crippen LogP contribution in [-0.4, -0.2) is 16.9 Å². The van der Waals surface area contributed by atoms with Gasteiger partial charge in [0.2, 0.25) is 0 Å². The van der Waals surface area contributed by atoms with Gasteiger partial charge in [-0.2, -0.15) is 0 Å². The van der Waals surface area contributed by atoms with Gasteiger partial charge >= 0.3 is 0 Å². The standard InChI is InChI=1S/C17H20N2O/c1-11(2)12-5-7-13(8-6-12)14-10-16(14)19-17(20)15-4-3-9-18-15/h3-9,11,14,16,18H,10H2,1-2H3,(H,19,20)/t14-,16-/m1/s1. The van der Waals surface area contributed by atoms with Gasteiger partial charge in [0.25, 0.3) is 5.91 Å². The molecule has 1 fully saturated rings. The smallest absolute Gasteiger partial charge is 0.267 e. The van der Waals surface area contributed by atoms with Crippen LogP contribution in [0.1, 0.15) is 53.7 Å². The minimum absolute atomic E-state index is 0.0127. The van der Waals surface area contributed by atoms with Crippen LogP contribution in [0.25, 0.3) is 0 Å². The normalized spacial score (nSPS) is 20.9. The molecule has 1 aromatic carbocycles. The van der Waals surface area contributed by atoms with Crippen molar-refractivity contribution in [2.75, 3.05) is 0 Å². The highest BCUT2D eigenvalue weighted by molar-refractivity contribution is 5.92. The van der Waals surface area contributed by atoms with E-state index in [1.54, 1.807) is 12.3 Å². The molecule has 2 aromatic rings. The fourth-order valence-electron chi connectivity index (χ4n) is 2.57. The minimum atomic E-state index is -0.0127. The first-order valence-corrected chi connectivity index (χ1v) is 7.19. The van der Waals surface area contributed by atoms with Crippen LogP contribution in [0.2, 0.25) is 0 Å². The Labute approximate surface area is 119 Å². The van der Waals surface area contributed by atoms with Crippen LogP contribution in [0.4, 0.5) is 0 Å². The maximum Gasteiger partial charge on any atom is 0.267 e. The average Bonchev–Trinajstić information content (AvgIpc) is 2.99. The average molecular weight is 268 g/mol. The van der Waals surface area contributed by atoms with Gasteiger partial charge in [0, 0.05) is 18.2 Å². The maximum atomic E-state index is 11.9. The number of amides is 1. The van der Waals surface area contributed by atoms with Crippen molar-refractivity contribution in [3.05, 3.63) is 59.4 Å². The van der Waals surface area contributed by atoms with Crippen LogP contribution in [0, 0.1) is 0 Å². The molecule has 2 N–H and O–H groups in total. The third-order valence-corrected chi connectivity index (χ3v) is 3.98. The highest BCUT2D eigenvalue weighted by atomic mass is 16.2. The lowest BCUT2D eigenvalue weighted by molar-refractivity contribution is 0.0946. The Bertz CT molecular complexity index is 584. The van der Waals surface area contributed by atoms with Crippen molar-refractivity contribution in [3.8, 4) is 0 Å². The molecule has 1 heterocycles. The zero-order valence-electron chi connectivity index (χ0n) is 11.9. The fourth-order valence-corrected chi connectivity index (χ4v) is 2.57. The number of carbonyl (C=O) groups is 1. The van der Waals surface area contributed by atoms with E-state index in [-0.39, 0.29) is 11.9 Å². The molecule has 1 aliphatic rings. The fraction of sp³-hybridized carbons (Fsp3) is 0.353. The third kappa shape index (κ3) is 2.62. The van der Waals surface area contributed by atoms with Gasteiger partial charge in [-0.15, -0.1) is 0 Å². The predicted octanol–water partition coefficient (Wildman–Crippen LogP) is 3.42. The summed E-state index contributed by atoms with van der Waals surface area (Å²) in [6.45, 7) is 4.40. The summed E-state index contributed by atoms with van der Waals surface area (Å²) < 4.78 is 0. The minimum Gasteiger partial charge on any atom is -0.357 e. The van der Waals surface area contributed by atoms with E-state index in [9.17, 15) is 4.79 Å². The first-order valence-electron chi connectivity index (χ1n) is 7.19. The molecule has 3 rings (SSSR count). The summed E-state index contributed by atoms with van der Waals surface area (Å²) in [6.07, 6.45) is 2.80. The SMILES string of the molecule is CC(C)c1ccc([C@H]2C[C@H]2NC(=O)c2ccc[nH]2)cc1. The second kappa shape index (κ2) is 5.16. The quantitative estimate of drug-likeness (QED) is 0.876. The highest BCUT2D eigenvalue weighted by Crippen LogP contribution is 2.41. The number of rotatable bonds is 4. The summed E-state index contributed by atoms with van der Waals surface area (Å²) in [5.74, 6) is 1.02. The van der Waals surface area contributed by atoms with Crippen molar-refractivity contribution in [3.63, 3.8) is 0 Å². The van der Waals surface area contributed by atoms with Crippen LogP contribution in [-0.2, 0) is 0 Å². The van der Waals surface area contributed by atoms with Crippen LogP contribution in [0.15, 0.2) is 42.6 Å². The molecule has 3 nitrogen and oxygen atoms in total. The Morgan fingerprint density at radius 3 is 2.60 bits per heavy atom. The van der Waals surface area contributed by atoms with Crippen molar-refractivity contribution >= 4 is 5.91 Å². The van der Waals surface area contributed by atoms with E-state index in [2.05, 4.69) is 48.4 Å². The third-order valence-electron chi connectivity index (χ3n) is 3.98. The lowest BCUT2D eigenvalue weighted by Gasteiger charge is -2.07. The molecule has 0 radical (unpaired) electrons. The van der Waals surface area contributed by atoms with E-state index in [1.807, 2.05) is 6.07 Å². The summed E-state index contributed by atoms with van der Waals surface area (Å²) >= 11 is 0. The monoisotopic (exact) mass is 268 g/mol. The molecule has 0 spiro atoms. The zero-order valence-corrected chi connectivity index (χ0v) is 11.9. The lowest BCUT2D eigenvalue weighted by atomic mass is 10.0. The predicted molar refractivity (Wildman–Crippen MR) is 79.9 cm³/mol. The van der Waals surface area contributed by atoms with E-state index in [0.717, 1.165) is 6.42 Å². The molecule has 2 atom stereocenters. The molecule has 1 amide bonds. The van der Waals surface area contributed by atoms with Crippen LogP contribution < -0.4 is 5.32 Å². The largest absolute Gasteiger partial charge is 0.357 e. The van der Waals surface area contributed by atoms with Gasteiger partial charge < -0.3 is 10.3 Å². The summed E-state index contributed by atoms with van der Waals surface area (Å²) in [5, 5.41) is 3.07. The van der Waals surface area contributed by atoms with Crippen molar-refractivity contribution in [2.45, 2.75) is 38.1 Å². The zero-order chi connectivity index (χ0) is 14.1. The van der Waals surface area contributed by atoms with E-state index >= 15 is 0 Å². The van der Waals surface area contributed by atoms with E-state index in [4.69, 9.17) is 0 Å². The Morgan fingerprint density at radius 1 is 1.25 bits per heavy atom. The van der Waals surface area contributed by atoms with Gasteiger partial charge in [-0.25, -0.2) is 0 Å². The maximum absolute atomic E-state index is 11.9. The Balaban J connectivity index is 1.60. The first kappa shape index (κ1) is 13.0. The van der Waals surface area contributed by atoms with E-state index < -0.39 is 0 Å². The van der Waals surface area contributed by atoms with Gasteiger partial charge in [0.1, 0.15) is 5.69 Å². The number of aromatic nitrogens is 1. The molecule has 1 aromatic heterocycles. The number of hydrogen-bond donors (Lipinski definition) is 2. The number of carbonyl (C=O) groups excluding carboxylic acids is 1. The first-order chi connectivity index (χ1) is 9.65. The molecule has 1 aliphatic carbocycles. The van der Waals surface area contributed by atoms with Crippen molar-refractivity contribution < 1.29 is 4.79 Å². The lowest BCUT2D eigenvalue weighted by Crippen LogP contribution is -2.26. The van der Waals surface area contributed by atoms with Crippen molar-refractivity contribution in [2.24, 2.45) is 0 Å². The molecular weight excluding hydrogens is 248 g/mol. The van der Waals surface area contributed by atoms with Gasteiger partial charge in [0.05, 0.1) is 0 Å². The molecule has 0 saturated heterocycles. The van der Waals surface area contributed by atoms with Crippen LogP contribution >= 0.6 is 0 Å². The van der Waals surface area contributed by atoms with Gasteiger partial charge in [-0.1, -0.05) is 38.1 Å². The molecule has 1 saturated carbocycles. The number of nitrogens with one attached hydrogen (secondary N) is 2. The molecule has 0 bridgehead atoms. The molecule has 0 aliphatic heterocycles. The van der Waals surface area contributed by atoms with Crippen molar-refractivity contribution in [1.82, 2.24) is 10.3 Å². The summed E-state index contributed by atoms with van der Waals surface area (Å²) in [6, 6.07) is 12.7. The van der Waals surface area contributed by atoms with Gasteiger partial charge in [-0.05, 0) is 35.6 Å². The van der Waals surface area contributed by atoms with Crippen LogP contribution in [0.3, 0.4) is 0 Å². The summed E-state index contributed by atoms with van der Waals surface area (Å²) in [4.78, 5) is 14.9. The topological polar surface area (TPSA) is 44.9 Å². The van der Waals surface area contributed by atoms with Crippen LogP contribution in [0.5, 0.6) is 0 Å². The molecule has 104 valence electrons. The van der Waals surface area contributed by atoms with Gasteiger partial charge in [0.15, 0.2) is 0 Å². The molecular formula is C17H20N2O. The second-order valence-electron chi connectivity index (χ2n) is 5.83. The number of benzene rings is 1. The van der Waals surface area contributed by atoms with Crippen molar-refractivity contribution in [1.29, 1.82) is 0 Å². The molecule has 3 heteroatoms. The summed E-state index contributed by atoms with van der Waals surface area (Å²) in [5.41, 5.74) is 3.32. The Morgan fingerprint density at radius 2 is 2.00 bits per heavy atom. The number of aromatic amines is 1. The molecule has 20 heavy (non-hydrogen) atoms. The highest BCUT2D eigenvalue weighted by Gasteiger charge is 2.39. The van der Waals surface area contributed by atoms with E-state index in [0.29, 0.717) is 17.5 Å². The number of H-pyrrole nitrogens is 1. The Hall–Kier alpha value is -2.03. The molecule has 0 unspecified atom stereocenters. The summed E-state index contributed by atoms with van der Waals surface area (Å²) in [7, 11) is 0.